The molecular weight excluding hydrogens is 246 g/mol. The summed E-state index contributed by atoms with van der Waals surface area (Å²) in [5, 5.41) is 0. The van der Waals surface area contributed by atoms with Crippen molar-refractivity contribution in [1.82, 2.24) is 19.5 Å². The van der Waals surface area contributed by atoms with E-state index in [2.05, 4.69) is 30.9 Å². The summed E-state index contributed by atoms with van der Waals surface area (Å²) in [5.74, 6) is 1.97. The highest BCUT2D eigenvalue weighted by Crippen LogP contribution is 2.23. The summed E-state index contributed by atoms with van der Waals surface area (Å²) in [6.07, 6.45) is 4.96. The molecule has 0 atom stereocenters. The molecule has 0 fully saturated rings. The number of hydrogen-bond donors (Lipinski definition) is 1. The summed E-state index contributed by atoms with van der Waals surface area (Å²) in [5.41, 5.74) is 5.65. The molecule has 0 spiro atoms. The lowest BCUT2D eigenvalue weighted by Gasteiger charge is -2.06. The van der Waals surface area contributed by atoms with Crippen LogP contribution in [0.1, 0.15) is 5.82 Å². The molecule has 0 saturated carbocycles. The Labute approximate surface area is 89.1 Å². The number of nitrogen functional groups attached to an aromatic ring is 1. The molecular formula is C8H8BrN5. The van der Waals surface area contributed by atoms with Gasteiger partial charge in [0.15, 0.2) is 5.82 Å². The van der Waals surface area contributed by atoms with Crippen LogP contribution in [0.25, 0.3) is 5.82 Å². The van der Waals surface area contributed by atoms with Gasteiger partial charge in [-0.3, -0.25) is 4.57 Å². The van der Waals surface area contributed by atoms with E-state index < -0.39 is 0 Å². The zero-order valence-electron chi connectivity index (χ0n) is 7.48. The Kier molecular flexibility index (Phi) is 2.20. The van der Waals surface area contributed by atoms with Crippen molar-refractivity contribution in [3.63, 3.8) is 0 Å². The van der Waals surface area contributed by atoms with E-state index in [0.717, 1.165) is 5.82 Å². The van der Waals surface area contributed by atoms with Gasteiger partial charge < -0.3 is 5.73 Å². The number of nitrogens with zero attached hydrogens (tertiary/aromatic N) is 4. The summed E-state index contributed by atoms with van der Waals surface area (Å²) in [6.45, 7) is 1.89. The lowest BCUT2D eigenvalue weighted by atomic mass is 10.5. The summed E-state index contributed by atoms with van der Waals surface area (Å²) < 4.78 is 2.52. The van der Waals surface area contributed by atoms with Gasteiger partial charge in [0.1, 0.15) is 22.4 Å². The summed E-state index contributed by atoms with van der Waals surface area (Å²) in [4.78, 5) is 12.1. The number of hydrogen-bond acceptors (Lipinski definition) is 4. The first-order valence-corrected chi connectivity index (χ1v) is 4.75. The Hall–Kier alpha value is -1.43. The van der Waals surface area contributed by atoms with E-state index >= 15 is 0 Å². The maximum atomic E-state index is 5.65. The molecule has 0 aromatic carbocycles. The zero-order chi connectivity index (χ0) is 10.1. The van der Waals surface area contributed by atoms with Crippen molar-refractivity contribution in [2.24, 2.45) is 0 Å². The molecule has 0 aliphatic carbocycles. The first-order chi connectivity index (χ1) is 6.70. The molecule has 0 aliphatic heterocycles. The van der Waals surface area contributed by atoms with E-state index in [9.17, 15) is 0 Å². The van der Waals surface area contributed by atoms with E-state index in [0.29, 0.717) is 16.1 Å². The van der Waals surface area contributed by atoms with E-state index in [1.165, 1.54) is 6.33 Å². The summed E-state index contributed by atoms with van der Waals surface area (Å²) in [6, 6.07) is 0. The van der Waals surface area contributed by atoms with Gasteiger partial charge in [0.25, 0.3) is 0 Å². The SMILES string of the molecule is Cc1nccn1-c1ncnc(N)c1Br. The van der Waals surface area contributed by atoms with Crippen molar-refractivity contribution >= 4 is 21.7 Å². The third-order valence-corrected chi connectivity index (χ3v) is 2.61. The Bertz CT molecular complexity index is 465. The molecule has 0 saturated heterocycles. The predicted octanol–water partition coefficient (Wildman–Crippen LogP) is 1.32. The summed E-state index contributed by atoms with van der Waals surface area (Å²) >= 11 is 3.34. The van der Waals surface area contributed by atoms with Gasteiger partial charge in [0.05, 0.1) is 0 Å². The molecule has 2 aromatic heterocycles. The summed E-state index contributed by atoms with van der Waals surface area (Å²) in [7, 11) is 0. The second-order valence-electron chi connectivity index (χ2n) is 2.74. The minimum absolute atomic E-state index is 0.420. The standard InChI is InChI=1S/C8H8BrN5/c1-5-11-2-3-14(5)8-6(9)7(10)12-4-13-8/h2-4H,1H3,(H2,10,12,13). The van der Waals surface area contributed by atoms with Gasteiger partial charge in [-0.05, 0) is 22.9 Å². The van der Waals surface area contributed by atoms with Crippen LogP contribution in [0, 0.1) is 6.92 Å². The first kappa shape index (κ1) is 9.14. The fraction of sp³-hybridized carbons (Fsp3) is 0.125. The van der Waals surface area contributed by atoms with Gasteiger partial charge in [-0.1, -0.05) is 0 Å². The molecule has 2 rings (SSSR count). The van der Waals surface area contributed by atoms with Crippen LogP contribution < -0.4 is 5.73 Å². The third kappa shape index (κ3) is 1.37. The second kappa shape index (κ2) is 3.38. The molecule has 0 aliphatic rings. The van der Waals surface area contributed by atoms with Gasteiger partial charge in [0.2, 0.25) is 0 Å². The number of halogens is 1. The van der Waals surface area contributed by atoms with Gasteiger partial charge in [-0.2, -0.15) is 0 Å². The van der Waals surface area contributed by atoms with Crippen LogP contribution in [0.3, 0.4) is 0 Å². The Balaban J connectivity index is 2.63. The number of aromatic nitrogens is 4. The van der Waals surface area contributed by atoms with Crippen LogP contribution in [0.4, 0.5) is 5.82 Å². The lowest BCUT2D eigenvalue weighted by Crippen LogP contribution is -2.03. The van der Waals surface area contributed by atoms with Crippen molar-refractivity contribution in [2.45, 2.75) is 6.92 Å². The second-order valence-corrected chi connectivity index (χ2v) is 3.53. The quantitative estimate of drug-likeness (QED) is 0.833. The highest BCUT2D eigenvalue weighted by Gasteiger charge is 2.09. The van der Waals surface area contributed by atoms with Crippen molar-refractivity contribution < 1.29 is 0 Å². The minimum Gasteiger partial charge on any atom is -0.383 e. The fourth-order valence-electron chi connectivity index (χ4n) is 1.14. The molecule has 2 heterocycles. The molecule has 0 amide bonds. The predicted molar refractivity (Wildman–Crippen MR) is 56.0 cm³/mol. The van der Waals surface area contributed by atoms with Crippen LogP contribution in [-0.2, 0) is 0 Å². The van der Waals surface area contributed by atoms with E-state index in [1.807, 2.05) is 17.7 Å². The largest absolute Gasteiger partial charge is 0.383 e. The first-order valence-electron chi connectivity index (χ1n) is 3.96. The highest BCUT2D eigenvalue weighted by atomic mass is 79.9. The maximum Gasteiger partial charge on any atom is 0.158 e. The molecule has 5 nitrogen and oxygen atoms in total. The van der Waals surface area contributed by atoms with Crippen LogP contribution in [-0.4, -0.2) is 19.5 Å². The smallest absolute Gasteiger partial charge is 0.158 e. The van der Waals surface area contributed by atoms with E-state index in [1.54, 1.807) is 6.20 Å². The number of anilines is 1. The average molecular weight is 254 g/mol. The topological polar surface area (TPSA) is 69.6 Å². The fourth-order valence-corrected chi connectivity index (χ4v) is 1.54. The molecule has 2 N–H and O–H groups in total. The Morgan fingerprint density at radius 1 is 1.36 bits per heavy atom. The van der Waals surface area contributed by atoms with Gasteiger partial charge in [-0.25, -0.2) is 15.0 Å². The van der Waals surface area contributed by atoms with Crippen LogP contribution in [0.2, 0.25) is 0 Å². The van der Waals surface area contributed by atoms with E-state index in [4.69, 9.17) is 5.73 Å². The number of rotatable bonds is 1. The number of aryl methyl sites for hydroxylation is 1. The zero-order valence-corrected chi connectivity index (χ0v) is 9.06. The van der Waals surface area contributed by atoms with Gasteiger partial charge in [-0.15, -0.1) is 0 Å². The average Bonchev–Trinajstić information content (AvgIpc) is 2.57. The van der Waals surface area contributed by atoms with Crippen LogP contribution >= 0.6 is 15.9 Å². The monoisotopic (exact) mass is 253 g/mol. The van der Waals surface area contributed by atoms with Gasteiger partial charge in [0, 0.05) is 12.4 Å². The third-order valence-electron chi connectivity index (χ3n) is 1.85. The molecule has 72 valence electrons. The van der Waals surface area contributed by atoms with Gasteiger partial charge >= 0.3 is 0 Å². The molecule has 6 heteroatoms. The molecule has 0 unspecified atom stereocenters. The molecule has 0 bridgehead atoms. The molecule has 2 aromatic rings. The normalized spacial score (nSPS) is 10.4. The maximum absolute atomic E-state index is 5.65. The Morgan fingerprint density at radius 2 is 2.14 bits per heavy atom. The van der Waals surface area contributed by atoms with Crippen molar-refractivity contribution in [3.05, 3.63) is 29.0 Å². The van der Waals surface area contributed by atoms with Crippen molar-refractivity contribution in [1.29, 1.82) is 0 Å². The van der Waals surface area contributed by atoms with Crippen molar-refractivity contribution in [2.75, 3.05) is 5.73 Å². The minimum atomic E-state index is 0.420. The number of imidazole rings is 1. The Morgan fingerprint density at radius 3 is 2.79 bits per heavy atom. The molecule has 14 heavy (non-hydrogen) atoms. The lowest BCUT2D eigenvalue weighted by molar-refractivity contribution is 0.914. The highest BCUT2D eigenvalue weighted by molar-refractivity contribution is 9.10. The number of nitrogens with two attached hydrogens (primary N) is 1. The molecule has 0 radical (unpaired) electrons. The van der Waals surface area contributed by atoms with Crippen molar-refractivity contribution in [3.8, 4) is 5.82 Å². The van der Waals surface area contributed by atoms with Crippen LogP contribution in [0.15, 0.2) is 23.2 Å². The van der Waals surface area contributed by atoms with Crippen LogP contribution in [0.5, 0.6) is 0 Å². The van der Waals surface area contributed by atoms with E-state index in [-0.39, 0.29) is 0 Å².